The van der Waals surface area contributed by atoms with Gasteiger partial charge in [0.25, 0.3) is 0 Å². The molecule has 82 valence electrons. The minimum absolute atomic E-state index is 0.146. The molecule has 0 heterocycles. The van der Waals surface area contributed by atoms with Gasteiger partial charge < -0.3 is 5.32 Å². The highest BCUT2D eigenvalue weighted by Crippen LogP contribution is 2.15. The van der Waals surface area contributed by atoms with Gasteiger partial charge in [-0.3, -0.25) is 0 Å². The molecule has 3 heteroatoms. The van der Waals surface area contributed by atoms with Crippen molar-refractivity contribution in [2.24, 2.45) is 0 Å². The molecule has 0 fully saturated rings. The fourth-order valence-electron chi connectivity index (χ4n) is 1.23. The minimum Gasteiger partial charge on any atom is -0.314 e. The quantitative estimate of drug-likeness (QED) is 0.810. The number of hydrogen-bond acceptors (Lipinski definition) is 1. The molecule has 1 aromatic rings. The van der Waals surface area contributed by atoms with Crippen molar-refractivity contribution in [3.8, 4) is 0 Å². The second-order valence-corrected chi connectivity index (χ2v) is 3.54. The van der Waals surface area contributed by atoms with Crippen LogP contribution in [0.25, 0.3) is 6.08 Å². The van der Waals surface area contributed by atoms with Gasteiger partial charge in [0.05, 0.1) is 0 Å². The summed E-state index contributed by atoms with van der Waals surface area (Å²) in [5.41, 5.74) is 1.25. The van der Waals surface area contributed by atoms with Crippen LogP contribution in [0.5, 0.6) is 0 Å². The van der Waals surface area contributed by atoms with Crippen LogP contribution in [0.2, 0.25) is 0 Å². The van der Waals surface area contributed by atoms with Crippen LogP contribution in [0.4, 0.5) is 8.78 Å². The zero-order valence-electron chi connectivity index (χ0n) is 9.14. The lowest BCUT2D eigenvalue weighted by molar-refractivity contribution is 0.507. The fourth-order valence-corrected chi connectivity index (χ4v) is 1.23. The highest BCUT2D eigenvalue weighted by Gasteiger charge is 2.07. The van der Waals surface area contributed by atoms with E-state index in [1.807, 2.05) is 20.9 Å². The van der Waals surface area contributed by atoms with Crippen LogP contribution in [0.3, 0.4) is 0 Å². The van der Waals surface area contributed by atoms with Crippen molar-refractivity contribution in [1.29, 1.82) is 0 Å². The van der Waals surface area contributed by atoms with E-state index in [9.17, 15) is 8.78 Å². The third-order valence-corrected chi connectivity index (χ3v) is 2.48. The van der Waals surface area contributed by atoms with Crippen LogP contribution in [-0.4, -0.2) is 13.1 Å². The largest absolute Gasteiger partial charge is 0.314 e. The highest BCUT2D eigenvalue weighted by atomic mass is 19.2. The van der Waals surface area contributed by atoms with Gasteiger partial charge in [-0.2, -0.15) is 0 Å². The van der Waals surface area contributed by atoms with Crippen molar-refractivity contribution < 1.29 is 8.78 Å². The molecule has 0 amide bonds. The summed E-state index contributed by atoms with van der Waals surface area (Å²) in [6.45, 7) is 3.84. The second kappa shape index (κ2) is 5.03. The summed E-state index contributed by atoms with van der Waals surface area (Å²) >= 11 is 0. The van der Waals surface area contributed by atoms with E-state index >= 15 is 0 Å². The van der Waals surface area contributed by atoms with Gasteiger partial charge in [-0.1, -0.05) is 23.8 Å². The molecule has 0 saturated heterocycles. The summed E-state index contributed by atoms with van der Waals surface area (Å²) in [7, 11) is 1.82. The molecule has 1 N–H and O–H groups in total. The maximum Gasteiger partial charge on any atom is 0.166 e. The van der Waals surface area contributed by atoms with E-state index in [-0.39, 0.29) is 11.6 Å². The molecule has 0 aliphatic rings. The summed E-state index contributed by atoms with van der Waals surface area (Å²) in [5, 5.41) is 3.03. The Labute approximate surface area is 88.8 Å². The predicted molar refractivity (Wildman–Crippen MR) is 58.5 cm³/mol. The van der Waals surface area contributed by atoms with E-state index in [1.54, 1.807) is 12.1 Å². The van der Waals surface area contributed by atoms with Gasteiger partial charge in [0.2, 0.25) is 0 Å². The molecule has 1 aromatic carbocycles. The molecule has 1 rings (SSSR count). The van der Waals surface area contributed by atoms with Crippen LogP contribution < -0.4 is 5.32 Å². The van der Waals surface area contributed by atoms with Gasteiger partial charge in [0.1, 0.15) is 0 Å². The Morgan fingerprint density at radius 2 is 2.07 bits per heavy atom. The first kappa shape index (κ1) is 11.9. The first-order chi connectivity index (χ1) is 7.06. The van der Waals surface area contributed by atoms with Crippen LogP contribution in [0.1, 0.15) is 19.4 Å². The minimum atomic E-state index is -0.811. The summed E-state index contributed by atoms with van der Waals surface area (Å²) < 4.78 is 26.2. The molecular formula is C12H15F2N. The normalized spacial score (nSPS) is 14.1. The summed E-state index contributed by atoms with van der Waals surface area (Å²) in [4.78, 5) is 0. The van der Waals surface area contributed by atoms with Crippen molar-refractivity contribution in [2.45, 2.75) is 19.9 Å². The topological polar surface area (TPSA) is 12.0 Å². The molecule has 0 aliphatic heterocycles. The van der Waals surface area contributed by atoms with E-state index < -0.39 is 11.6 Å². The maximum atomic E-state index is 13.3. The molecular weight excluding hydrogens is 196 g/mol. The van der Waals surface area contributed by atoms with Crippen molar-refractivity contribution in [3.63, 3.8) is 0 Å². The Kier molecular flexibility index (Phi) is 3.97. The van der Waals surface area contributed by atoms with Crippen LogP contribution in [0.15, 0.2) is 23.8 Å². The van der Waals surface area contributed by atoms with Gasteiger partial charge in [0, 0.05) is 11.6 Å². The van der Waals surface area contributed by atoms with Crippen LogP contribution in [0, 0.1) is 11.6 Å². The lowest BCUT2D eigenvalue weighted by Crippen LogP contribution is -2.22. The van der Waals surface area contributed by atoms with E-state index in [0.717, 1.165) is 11.6 Å². The lowest BCUT2D eigenvalue weighted by atomic mass is 10.1. The first-order valence-electron chi connectivity index (χ1n) is 4.85. The fraction of sp³-hybridized carbons (Fsp3) is 0.333. The van der Waals surface area contributed by atoms with Crippen molar-refractivity contribution in [1.82, 2.24) is 5.32 Å². The van der Waals surface area contributed by atoms with E-state index in [0.29, 0.717) is 0 Å². The van der Waals surface area contributed by atoms with Crippen molar-refractivity contribution in [3.05, 3.63) is 41.0 Å². The van der Waals surface area contributed by atoms with Crippen molar-refractivity contribution >= 4 is 6.08 Å². The van der Waals surface area contributed by atoms with Crippen molar-refractivity contribution in [2.75, 3.05) is 7.05 Å². The Hall–Kier alpha value is -1.22. The van der Waals surface area contributed by atoms with Gasteiger partial charge in [-0.25, -0.2) is 8.78 Å². The molecule has 0 aromatic heterocycles. The van der Waals surface area contributed by atoms with Gasteiger partial charge >= 0.3 is 0 Å². The molecule has 0 radical (unpaired) electrons. The molecule has 0 saturated carbocycles. The molecule has 15 heavy (non-hydrogen) atoms. The van der Waals surface area contributed by atoms with Gasteiger partial charge in [-0.05, 0) is 27.0 Å². The highest BCUT2D eigenvalue weighted by molar-refractivity contribution is 5.54. The first-order valence-corrected chi connectivity index (χ1v) is 4.85. The molecule has 1 atom stereocenters. The number of nitrogens with one attached hydrogen (secondary N) is 1. The molecule has 0 bridgehead atoms. The molecule has 0 aliphatic carbocycles. The van der Waals surface area contributed by atoms with E-state index in [2.05, 4.69) is 5.32 Å². The molecule has 1 nitrogen and oxygen atoms in total. The third kappa shape index (κ3) is 2.86. The summed E-state index contributed by atoms with van der Waals surface area (Å²) in [6, 6.07) is 4.32. The van der Waals surface area contributed by atoms with Gasteiger partial charge in [0.15, 0.2) is 11.6 Å². The summed E-state index contributed by atoms with van der Waals surface area (Å²) in [5.74, 6) is -1.60. The third-order valence-electron chi connectivity index (χ3n) is 2.48. The van der Waals surface area contributed by atoms with Gasteiger partial charge in [-0.15, -0.1) is 0 Å². The monoisotopic (exact) mass is 211 g/mol. The van der Waals surface area contributed by atoms with E-state index in [1.165, 1.54) is 6.07 Å². The Bertz CT molecular complexity index is 372. The zero-order chi connectivity index (χ0) is 11.4. The molecule has 0 spiro atoms. The number of likely N-dealkylation sites (N-methyl/N-ethyl adjacent to an activating group) is 1. The summed E-state index contributed by atoms with van der Waals surface area (Å²) in [6.07, 6.45) is 1.65. The average Bonchev–Trinajstić information content (AvgIpc) is 2.23. The standard InChI is InChI=1S/C12H15F2N/c1-8(9(2)15-3)7-10-5-4-6-11(13)12(10)14/h4-7,9,15H,1-3H3/b8-7+. The Morgan fingerprint density at radius 1 is 1.40 bits per heavy atom. The average molecular weight is 211 g/mol. The SMILES string of the molecule is CNC(C)/C(C)=C/c1cccc(F)c1F. The predicted octanol–water partition coefficient (Wildman–Crippen LogP) is 2.98. The number of hydrogen-bond donors (Lipinski definition) is 1. The lowest BCUT2D eigenvalue weighted by Gasteiger charge is -2.10. The molecule has 1 unspecified atom stereocenters. The number of halogens is 2. The van der Waals surface area contributed by atoms with Crippen LogP contribution in [-0.2, 0) is 0 Å². The maximum absolute atomic E-state index is 13.3. The zero-order valence-corrected chi connectivity index (χ0v) is 9.14. The number of rotatable bonds is 3. The smallest absolute Gasteiger partial charge is 0.166 e. The number of benzene rings is 1. The second-order valence-electron chi connectivity index (χ2n) is 3.54. The van der Waals surface area contributed by atoms with E-state index in [4.69, 9.17) is 0 Å². The van der Waals surface area contributed by atoms with Crippen LogP contribution >= 0.6 is 0 Å². The Morgan fingerprint density at radius 3 is 2.67 bits per heavy atom. The Balaban J connectivity index is 3.03.